The maximum absolute atomic E-state index is 12.6. The van der Waals surface area contributed by atoms with Crippen molar-refractivity contribution in [3.05, 3.63) is 71.5 Å². The molecule has 0 bridgehead atoms. The summed E-state index contributed by atoms with van der Waals surface area (Å²) in [5.41, 5.74) is 2.44. The van der Waals surface area contributed by atoms with Crippen molar-refractivity contribution < 1.29 is 24.1 Å². The molecule has 0 saturated heterocycles. The van der Waals surface area contributed by atoms with Crippen molar-refractivity contribution in [1.29, 1.82) is 0 Å². The number of para-hydroxylation sites is 1. The van der Waals surface area contributed by atoms with Crippen LogP contribution >= 0.6 is 0 Å². The highest BCUT2D eigenvalue weighted by atomic mass is 16.4. The van der Waals surface area contributed by atoms with Gasteiger partial charge in [-0.25, -0.2) is 0 Å². The summed E-state index contributed by atoms with van der Waals surface area (Å²) in [6.45, 7) is 2.30. The third-order valence-corrected chi connectivity index (χ3v) is 4.66. The lowest BCUT2D eigenvalue weighted by atomic mass is 9.75. The molecular formula is C21H23BN2O5. The van der Waals surface area contributed by atoms with Gasteiger partial charge in [0.25, 0.3) is 5.91 Å². The number of hydrogen-bond donors (Lipinski definition) is 4. The van der Waals surface area contributed by atoms with Crippen LogP contribution in [0.4, 0.5) is 0 Å². The minimum absolute atomic E-state index is 0.0529. The number of carbonyl (C=O) groups excluding carboxylic acids is 2. The minimum Gasteiger partial charge on any atom is -0.464 e. The second-order valence-corrected chi connectivity index (χ2v) is 6.74. The summed E-state index contributed by atoms with van der Waals surface area (Å²) in [6, 6.07) is 14.3. The zero-order valence-electron chi connectivity index (χ0n) is 16.1. The Morgan fingerprint density at radius 2 is 1.79 bits per heavy atom. The molecule has 2 aromatic carbocycles. The summed E-state index contributed by atoms with van der Waals surface area (Å²) in [7, 11) is -1.74. The third-order valence-electron chi connectivity index (χ3n) is 4.66. The first-order valence-electron chi connectivity index (χ1n) is 9.46. The quantitative estimate of drug-likeness (QED) is 0.433. The average molecular weight is 394 g/mol. The van der Waals surface area contributed by atoms with Gasteiger partial charge in [0, 0.05) is 17.5 Å². The van der Waals surface area contributed by atoms with E-state index in [1.54, 1.807) is 30.5 Å². The van der Waals surface area contributed by atoms with E-state index in [1.165, 1.54) is 0 Å². The largest absolute Gasteiger partial charge is 0.475 e. The molecule has 0 aliphatic rings. The van der Waals surface area contributed by atoms with Crippen LogP contribution in [0.5, 0.6) is 0 Å². The van der Waals surface area contributed by atoms with Crippen LogP contribution in [-0.4, -0.2) is 41.5 Å². The molecule has 1 aromatic heterocycles. The van der Waals surface area contributed by atoms with Crippen molar-refractivity contribution in [2.24, 2.45) is 0 Å². The van der Waals surface area contributed by atoms with Crippen molar-refractivity contribution in [3.8, 4) is 0 Å². The molecule has 1 heterocycles. The zero-order valence-corrected chi connectivity index (χ0v) is 16.1. The Hall–Kier alpha value is -3.10. The lowest BCUT2D eigenvalue weighted by Crippen LogP contribution is -2.48. The number of hydrogen-bond acceptors (Lipinski definition) is 5. The second kappa shape index (κ2) is 9.40. The Morgan fingerprint density at radius 1 is 1.07 bits per heavy atom. The predicted octanol–water partition coefficient (Wildman–Crippen LogP) is 1.46. The van der Waals surface area contributed by atoms with Gasteiger partial charge in [0.1, 0.15) is 5.58 Å². The highest BCUT2D eigenvalue weighted by Crippen LogP contribution is 2.22. The predicted molar refractivity (Wildman–Crippen MR) is 110 cm³/mol. The van der Waals surface area contributed by atoms with Crippen molar-refractivity contribution in [1.82, 2.24) is 10.6 Å². The van der Waals surface area contributed by atoms with Gasteiger partial charge in [0.15, 0.2) is 0 Å². The van der Waals surface area contributed by atoms with Crippen molar-refractivity contribution >= 4 is 29.9 Å². The molecule has 0 aliphatic heterocycles. The molecule has 1 atom stereocenters. The number of benzene rings is 2. The molecule has 29 heavy (non-hydrogen) atoms. The monoisotopic (exact) mass is 394 g/mol. The fourth-order valence-corrected chi connectivity index (χ4v) is 3.24. The minimum atomic E-state index is -1.74. The maximum atomic E-state index is 12.6. The van der Waals surface area contributed by atoms with Gasteiger partial charge in [-0.1, -0.05) is 36.4 Å². The smallest absolute Gasteiger partial charge is 0.464 e. The van der Waals surface area contributed by atoms with Gasteiger partial charge in [-0.3, -0.25) is 9.59 Å². The van der Waals surface area contributed by atoms with E-state index < -0.39 is 19.0 Å². The fourth-order valence-electron chi connectivity index (χ4n) is 3.24. The van der Waals surface area contributed by atoms with Crippen LogP contribution in [-0.2, 0) is 17.6 Å². The lowest BCUT2D eigenvalue weighted by molar-refractivity contribution is -0.120. The molecule has 0 aliphatic carbocycles. The van der Waals surface area contributed by atoms with E-state index >= 15 is 0 Å². The molecule has 2 amide bonds. The third kappa shape index (κ3) is 5.04. The first-order valence-corrected chi connectivity index (χ1v) is 9.46. The number of nitrogens with one attached hydrogen (secondary N) is 2. The molecule has 3 rings (SSSR count). The summed E-state index contributed by atoms with van der Waals surface area (Å²) in [5.74, 6) is -1.58. The Balaban J connectivity index is 1.72. The summed E-state index contributed by atoms with van der Waals surface area (Å²) in [5, 5.41) is 25.7. The summed E-state index contributed by atoms with van der Waals surface area (Å²) >= 11 is 0. The Bertz CT molecular complexity index is 1000. The Morgan fingerprint density at radius 3 is 2.55 bits per heavy atom. The van der Waals surface area contributed by atoms with E-state index in [-0.39, 0.29) is 18.7 Å². The Labute approximate surface area is 168 Å². The number of rotatable bonds is 8. The summed E-state index contributed by atoms with van der Waals surface area (Å²) in [4.78, 5) is 24.7. The van der Waals surface area contributed by atoms with Crippen LogP contribution in [0.25, 0.3) is 11.0 Å². The number of carbonyl (C=O) groups is 2. The summed E-state index contributed by atoms with van der Waals surface area (Å²) in [6.07, 6.45) is 1.69. The van der Waals surface area contributed by atoms with Crippen molar-refractivity contribution in [2.45, 2.75) is 25.7 Å². The van der Waals surface area contributed by atoms with E-state index in [0.29, 0.717) is 23.3 Å². The van der Waals surface area contributed by atoms with E-state index in [0.717, 1.165) is 10.9 Å². The lowest BCUT2D eigenvalue weighted by Gasteiger charge is -2.18. The molecule has 0 radical (unpaired) electrons. The van der Waals surface area contributed by atoms with E-state index in [1.807, 2.05) is 31.2 Å². The van der Waals surface area contributed by atoms with Crippen LogP contribution in [0.1, 0.15) is 28.4 Å². The standard InChI is InChI=1S/C21H23BN2O5/c1-2-23-21(26)17-9-4-3-7-14(17)12-20(25)24-19(22(27)28)11-15-13-29-18-10-6-5-8-16(15)18/h3-10,13,19,27-28H,2,11-12H2,1H3,(H,23,26)(H,24,25)/t19-/m0/s1. The van der Waals surface area contributed by atoms with E-state index in [4.69, 9.17) is 4.42 Å². The first kappa shape index (κ1) is 20.6. The van der Waals surface area contributed by atoms with Gasteiger partial charge in [0.05, 0.1) is 18.6 Å². The molecule has 8 heteroatoms. The van der Waals surface area contributed by atoms with Crippen LogP contribution < -0.4 is 10.6 Å². The fraction of sp³-hybridized carbons (Fsp3) is 0.238. The topological polar surface area (TPSA) is 112 Å². The summed E-state index contributed by atoms with van der Waals surface area (Å²) < 4.78 is 5.47. The highest BCUT2D eigenvalue weighted by molar-refractivity contribution is 6.43. The van der Waals surface area contributed by atoms with Gasteiger partial charge < -0.3 is 25.1 Å². The molecule has 4 N–H and O–H groups in total. The number of amides is 2. The average Bonchev–Trinajstić information content (AvgIpc) is 3.11. The number of fused-ring (bicyclic) bond motifs is 1. The van der Waals surface area contributed by atoms with Crippen molar-refractivity contribution in [3.63, 3.8) is 0 Å². The molecule has 0 fully saturated rings. The maximum Gasteiger partial charge on any atom is 0.475 e. The van der Waals surface area contributed by atoms with Crippen LogP contribution in [0.2, 0.25) is 0 Å². The van der Waals surface area contributed by atoms with Gasteiger partial charge in [0.2, 0.25) is 5.91 Å². The molecule has 7 nitrogen and oxygen atoms in total. The van der Waals surface area contributed by atoms with E-state index in [9.17, 15) is 19.6 Å². The molecule has 150 valence electrons. The normalized spacial score (nSPS) is 11.8. The van der Waals surface area contributed by atoms with E-state index in [2.05, 4.69) is 10.6 Å². The Kier molecular flexibility index (Phi) is 6.69. The van der Waals surface area contributed by atoms with Gasteiger partial charge in [-0.05, 0) is 36.6 Å². The van der Waals surface area contributed by atoms with Gasteiger partial charge in [-0.2, -0.15) is 0 Å². The highest BCUT2D eigenvalue weighted by Gasteiger charge is 2.27. The SMILES string of the molecule is CCNC(=O)c1ccccc1CC(=O)N[C@@H](Cc1coc2ccccc12)B(O)O. The van der Waals surface area contributed by atoms with Crippen LogP contribution in [0, 0.1) is 0 Å². The molecule has 0 saturated carbocycles. The van der Waals surface area contributed by atoms with Crippen molar-refractivity contribution in [2.75, 3.05) is 6.54 Å². The molecule has 0 unspecified atom stereocenters. The van der Waals surface area contributed by atoms with Crippen LogP contribution in [0.15, 0.2) is 59.2 Å². The van der Waals surface area contributed by atoms with Gasteiger partial charge >= 0.3 is 7.12 Å². The van der Waals surface area contributed by atoms with Crippen LogP contribution in [0.3, 0.4) is 0 Å². The molecule has 3 aromatic rings. The molecular weight excluding hydrogens is 371 g/mol. The zero-order chi connectivity index (χ0) is 20.8. The first-order chi connectivity index (χ1) is 14.0. The second-order valence-electron chi connectivity index (χ2n) is 6.74. The number of furan rings is 1. The van der Waals surface area contributed by atoms with Gasteiger partial charge in [-0.15, -0.1) is 0 Å². The molecule has 0 spiro atoms.